The zero-order valence-electron chi connectivity index (χ0n) is 16.9. The van der Waals surface area contributed by atoms with Crippen LogP contribution in [0, 0.1) is 13.8 Å². The monoisotopic (exact) mass is 384 g/mol. The van der Waals surface area contributed by atoms with Crippen LogP contribution in [0.1, 0.15) is 33.9 Å². The van der Waals surface area contributed by atoms with Crippen LogP contribution in [0.15, 0.2) is 39.7 Å². The maximum absolute atomic E-state index is 11.7. The van der Waals surface area contributed by atoms with Crippen LogP contribution in [0.3, 0.4) is 0 Å². The lowest BCUT2D eigenvalue weighted by atomic mass is 10.2. The van der Waals surface area contributed by atoms with Crippen molar-refractivity contribution in [1.29, 1.82) is 0 Å². The van der Waals surface area contributed by atoms with E-state index in [2.05, 4.69) is 51.7 Å². The summed E-state index contributed by atoms with van der Waals surface area (Å²) in [6.45, 7) is 6.23. The highest BCUT2D eigenvalue weighted by Gasteiger charge is 2.23. The molecule has 0 spiro atoms. The smallest absolute Gasteiger partial charge is 0.341 e. The fraction of sp³-hybridized carbons (Fsp3) is 0.429. The zero-order valence-corrected chi connectivity index (χ0v) is 16.9. The van der Waals surface area contributed by atoms with Crippen molar-refractivity contribution < 1.29 is 13.9 Å². The lowest BCUT2D eigenvalue weighted by Crippen LogP contribution is -2.44. The van der Waals surface area contributed by atoms with Gasteiger partial charge in [-0.3, -0.25) is 4.99 Å². The molecule has 3 rings (SSSR count). The second-order valence-corrected chi connectivity index (χ2v) is 7.01. The summed E-state index contributed by atoms with van der Waals surface area (Å²) >= 11 is 0. The van der Waals surface area contributed by atoms with E-state index >= 15 is 0 Å². The Morgan fingerprint density at radius 3 is 2.75 bits per heavy atom. The molecular formula is C21H28N4O3. The molecule has 1 unspecified atom stereocenters. The number of hydrogen-bond donors (Lipinski definition) is 2. The number of furan rings is 1. The number of esters is 1. The molecule has 0 amide bonds. The van der Waals surface area contributed by atoms with Crippen LogP contribution in [-0.2, 0) is 11.3 Å². The number of carbonyl (C=O) groups excluding carboxylic acids is 1. The van der Waals surface area contributed by atoms with E-state index in [1.165, 1.54) is 18.4 Å². The molecule has 1 aliphatic heterocycles. The number of aryl methyl sites for hydroxylation is 2. The Labute approximate surface area is 165 Å². The van der Waals surface area contributed by atoms with Gasteiger partial charge in [-0.15, -0.1) is 0 Å². The van der Waals surface area contributed by atoms with Crippen molar-refractivity contribution in [2.24, 2.45) is 4.99 Å². The summed E-state index contributed by atoms with van der Waals surface area (Å²) in [5, 5.41) is 6.71. The molecule has 1 aromatic carbocycles. The van der Waals surface area contributed by atoms with Gasteiger partial charge in [-0.1, -0.05) is 17.7 Å². The number of benzene rings is 1. The summed E-state index contributed by atoms with van der Waals surface area (Å²) in [5.74, 6) is 1.53. The number of anilines is 1. The van der Waals surface area contributed by atoms with Crippen molar-refractivity contribution in [3.63, 3.8) is 0 Å². The predicted octanol–water partition coefficient (Wildman–Crippen LogP) is 2.63. The minimum atomic E-state index is -0.392. The van der Waals surface area contributed by atoms with Crippen LogP contribution in [-0.4, -0.2) is 45.2 Å². The van der Waals surface area contributed by atoms with Crippen molar-refractivity contribution in [3.05, 3.63) is 53.0 Å². The molecular weight excluding hydrogens is 356 g/mol. The first-order chi connectivity index (χ1) is 13.5. The molecule has 7 heteroatoms. The van der Waals surface area contributed by atoms with Crippen LogP contribution in [0.25, 0.3) is 0 Å². The standard InChI is InChI=1S/C21H28N4O3/c1-14-5-7-17(8-6-14)25-10-9-16(13-25)24-21(22-3)23-12-18-11-19(15(2)28-18)20(26)27-4/h5-8,11,16H,9-10,12-13H2,1-4H3,(H2,22,23,24). The Kier molecular flexibility index (Phi) is 6.23. The number of guanidine groups is 1. The lowest BCUT2D eigenvalue weighted by Gasteiger charge is -2.20. The fourth-order valence-electron chi connectivity index (χ4n) is 3.37. The van der Waals surface area contributed by atoms with Crippen molar-refractivity contribution in [1.82, 2.24) is 10.6 Å². The third-order valence-corrected chi connectivity index (χ3v) is 4.96. The summed E-state index contributed by atoms with van der Waals surface area (Å²) in [4.78, 5) is 18.4. The molecule has 150 valence electrons. The second kappa shape index (κ2) is 8.82. The molecule has 0 radical (unpaired) electrons. The molecule has 0 aliphatic carbocycles. The first-order valence-corrected chi connectivity index (χ1v) is 9.46. The molecule has 0 bridgehead atoms. The molecule has 0 saturated carbocycles. The first-order valence-electron chi connectivity index (χ1n) is 9.46. The van der Waals surface area contributed by atoms with Gasteiger partial charge in [0.2, 0.25) is 0 Å². The van der Waals surface area contributed by atoms with Crippen molar-refractivity contribution in [3.8, 4) is 0 Å². The summed E-state index contributed by atoms with van der Waals surface area (Å²) in [7, 11) is 3.11. The first kappa shape index (κ1) is 19.8. The summed E-state index contributed by atoms with van der Waals surface area (Å²) in [6, 6.07) is 10.6. The number of methoxy groups -OCH3 is 1. The Balaban J connectivity index is 1.53. The highest BCUT2D eigenvalue weighted by molar-refractivity contribution is 5.90. The number of hydrogen-bond acceptors (Lipinski definition) is 5. The van der Waals surface area contributed by atoms with Gasteiger partial charge in [0.25, 0.3) is 0 Å². The Bertz CT molecular complexity index is 842. The maximum Gasteiger partial charge on any atom is 0.341 e. The van der Waals surface area contributed by atoms with Gasteiger partial charge >= 0.3 is 5.97 Å². The van der Waals surface area contributed by atoms with Crippen LogP contribution in [0.4, 0.5) is 5.69 Å². The van der Waals surface area contributed by atoms with E-state index in [4.69, 9.17) is 9.15 Å². The van der Waals surface area contributed by atoms with E-state index in [-0.39, 0.29) is 0 Å². The maximum atomic E-state index is 11.7. The third-order valence-electron chi connectivity index (χ3n) is 4.96. The highest BCUT2D eigenvalue weighted by Crippen LogP contribution is 2.21. The van der Waals surface area contributed by atoms with Gasteiger partial charge in [-0.2, -0.15) is 0 Å². The van der Waals surface area contributed by atoms with Gasteiger partial charge in [-0.25, -0.2) is 4.79 Å². The third kappa shape index (κ3) is 4.65. The summed E-state index contributed by atoms with van der Waals surface area (Å²) in [6.07, 6.45) is 1.04. The van der Waals surface area contributed by atoms with Crippen LogP contribution >= 0.6 is 0 Å². The second-order valence-electron chi connectivity index (χ2n) is 7.01. The molecule has 1 saturated heterocycles. The lowest BCUT2D eigenvalue weighted by molar-refractivity contribution is 0.0599. The van der Waals surface area contributed by atoms with Crippen molar-refractivity contribution in [2.75, 3.05) is 32.1 Å². The van der Waals surface area contributed by atoms with Gasteiger partial charge in [0, 0.05) is 31.9 Å². The molecule has 2 N–H and O–H groups in total. The number of carbonyl (C=O) groups is 1. The average Bonchev–Trinajstić information content (AvgIpc) is 3.31. The van der Waals surface area contributed by atoms with Crippen molar-refractivity contribution in [2.45, 2.75) is 32.9 Å². The van der Waals surface area contributed by atoms with E-state index in [0.717, 1.165) is 19.5 Å². The highest BCUT2D eigenvalue weighted by atomic mass is 16.5. The Morgan fingerprint density at radius 2 is 2.07 bits per heavy atom. The molecule has 1 aliphatic rings. The van der Waals surface area contributed by atoms with Gasteiger partial charge < -0.3 is 24.7 Å². The minimum absolute atomic E-state index is 0.316. The number of nitrogens with one attached hydrogen (secondary N) is 2. The molecule has 1 fully saturated rings. The van der Waals surface area contributed by atoms with Gasteiger partial charge in [0.05, 0.1) is 13.7 Å². The Hall–Kier alpha value is -2.96. The number of nitrogens with zero attached hydrogens (tertiary/aromatic N) is 2. The predicted molar refractivity (Wildman–Crippen MR) is 110 cm³/mol. The largest absolute Gasteiger partial charge is 0.465 e. The molecule has 2 aromatic rings. The van der Waals surface area contributed by atoms with Gasteiger partial charge in [-0.05, 0) is 38.5 Å². The number of aliphatic imine (C=N–C) groups is 1. The van der Waals surface area contributed by atoms with E-state index in [9.17, 15) is 4.79 Å². The fourth-order valence-corrected chi connectivity index (χ4v) is 3.37. The SMILES string of the molecule is CN=C(NCc1cc(C(=O)OC)c(C)o1)NC1CCN(c2ccc(C)cc2)C1. The minimum Gasteiger partial charge on any atom is -0.465 e. The quantitative estimate of drug-likeness (QED) is 0.469. The molecule has 7 nitrogen and oxygen atoms in total. The van der Waals surface area contributed by atoms with Gasteiger partial charge in [0.15, 0.2) is 5.96 Å². The van der Waals surface area contributed by atoms with E-state index in [1.54, 1.807) is 20.0 Å². The molecule has 28 heavy (non-hydrogen) atoms. The molecule has 2 heterocycles. The average molecular weight is 384 g/mol. The summed E-state index contributed by atoms with van der Waals surface area (Å²) in [5.41, 5.74) is 2.97. The van der Waals surface area contributed by atoms with E-state index in [1.807, 2.05) is 0 Å². The normalized spacial score (nSPS) is 16.9. The summed E-state index contributed by atoms with van der Waals surface area (Å²) < 4.78 is 10.4. The molecule has 1 atom stereocenters. The topological polar surface area (TPSA) is 79.1 Å². The number of ether oxygens (including phenoxy) is 1. The Morgan fingerprint density at radius 1 is 1.32 bits per heavy atom. The zero-order chi connectivity index (χ0) is 20.1. The van der Waals surface area contributed by atoms with E-state index < -0.39 is 5.97 Å². The number of rotatable bonds is 5. The van der Waals surface area contributed by atoms with Crippen LogP contribution in [0.2, 0.25) is 0 Å². The van der Waals surface area contributed by atoms with Crippen LogP contribution < -0.4 is 15.5 Å². The van der Waals surface area contributed by atoms with Crippen molar-refractivity contribution >= 4 is 17.6 Å². The van der Waals surface area contributed by atoms with Crippen LogP contribution in [0.5, 0.6) is 0 Å². The molecule has 1 aromatic heterocycles. The van der Waals surface area contributed by atoms with E-state index in [0.29, 0.717) is 35.6 Å². The van der Waals surface area contributed by atoms with Gasteiger partial charge in [0.1, 0.15) is 17.1 Å².